The van der Waals surface area contributed by atoms with Crippen LogP contribution in [0.4, 0.5) is 0 Å². The van der Waals surface area contributed by atoms with E-state index in [4.69, 9.17) is 0 Å². The molecule has 0 saturated heterocycles. The number of hydrogen-bond donors (Lipinski definition) is 0. The molecule has 0 spiro atoms. The molecule has 1 aromatic heterocycles. The van der Waals surface area contributed by atoms with Crippen LogP contribution in [0.5, 0.6) is 0 Å². The van der Waals surface area contributed by atoms with Gasteiger partial charge < -0.3 is 4.90 Å². The highest BCUT2D eigenvalue weighted by Gasteiger charge is 2.23. The van der Waals surface area contributed by atoms with Gasteiger partial charge in [-0.05, 0) is 25.0 Å². The first-order valence-electron chi connectivity index (χ1n) is 8.13. The monoisotopic (exact) mass is 297 g/mol. The third kappa shape index (κ3) is 3.21. The maximum absolute atomic E-state index is 12.7. The van der Waals surface area contributed by atoms with Crippen molar-refractivity contribution in [3.05, 3.63) is 48.3 Å². The first-order chi connectivity index (χ1) is 10.8. The Hall–Kier alpha value is -2.10. The van der Waals surface area contributed by atoms with Crippen LogP contribution in [0, 0.1) is 0 Å². The van der Waals surface area contributed by atoms with Crippen molar-refractivity contribution in [1.82, 2.24) is 14.7 Å². The van der Waals surface area contributed by atoms with Crippen molar-refractivity contribution in [2.45, 2.75) is 44.6 Å². The topological polar surface area (TPSA) is 38.1 Å². The lowest BCUT2D eigenvalue weighted by Gasteiger charge is -2.26. The van der Waals surface area contributed by atoms with E-state index in [1.165, 1.54) is 25.7 Å². The number of aromatic nitrogens is 2. The lowest BCUT2D eigenvalue weighted by molar-refractivity contribution is 0.0717. The fraction of sp³-hybridized carbons (Fsp3) is 0.444. The quantitative estimate of drug-likeness (QED) is 0.811. The first kappa shape index (κ1) is 14.8. The highest BCUT2D eigenvalue weighted by Crippen LogP contribution is 2.22. The molecule has 0 unspecified atom stereocenters. The Labute approximate surface area is 131 Å². The molecular formula is C18H23N3O. The SMILES string of the molecule is CN(C(=O)c1cnn(-c2ccccc2)c1)C1CCCCCC1. The van der Waals surface area contributed by atoms with Gasteiger partial charge in [-0.15, -0.1) is 0 Å². The predicted octanol–water partition coefficient (Wildman–Crippen LogP) is 3.67. The molecule has 1 amide bonds. The lowest BCUT2D eigenvalue weighted by Crippen LogP contribution is -2.36. The Morgan fingerprint density at radius 3 is 2.50 bits per heavy atom. The zero-order valence-electron chi connectivity index (χ0n) is 13.1. The summed E-state index contributed by atoms with van der Waals surface area (Å²) in [5.41, 5.74) is 1.63. The maximum Gasteiger partial charge on any atom is 0.257 e. The summed E-state index contributed by atoms with van der Waals surface area (Å²) in [5, 5.41) is 4.32. The summed E-state index contributed by atoms with van der Waals surface area (Å²) in [4.78, 5) is 14.6. The van der Waals surface area contributed by atoms with Crippen molar-refractivity contribution in [2.75, 3.05) is 7.05 Å². The summed E-state index contributed by atoms with van der Waals surface area (Å²) in [6, 6.07) is 10.2. The molecule has 0 atom stereocenters. The molecule has 2 aromatic rings. The smallest absolute Gasteiger partial charge is 0.257 e. The van der Waals surface area contributed by atoms with Crippen molar-refractivity contribution in [3.8, 4) is 5.69 Å². The van der Waals surface area contributed by atoms with Gasteiger partial charge in [-0.3, -0.25) is 4.79 Å². The van der Waals surface area contributed by atoms with E-state index in [0.29, 0.717) is 11.6 Å². The van der Waals surface area contributed by atoms with Gasteiger partial charge in [0.25, 0.3) is 5.91 Å². The summed E-state index contributed by atoms with van der Waals surface area (Å²) in [7, 11) is 1.93. The lowest BCUT2D eigenvalue weighted by atomic mass is 10.1. The third-order valence-electron chi connectivity index (χ3n) is 4.54. The molecule has 4 nitrogen and oxygen atoms in total. The number of benzene rings is 1. The van der Waals surface area contributed by atoms with Crippen molar-refractivity contribution >= 4 is 5.91 Å². The van der Waals surface area contributed by atoms with E-state index in [1.54, 1.807) is 10.9 Å². The third-order valence-corrected chi connectivity index (χ3v) is 4.54. The van der Waals surface area contributed by atoms with Gasteiger partial charge in [-0.2, -0.15) is 5.10 Å². The molecule has 0 bridgehead atoms. The highest BCUT2D eigenvalue weighted by molar-refractivity contribution is 5.93. The van der Waals surface area contributed by atoms with E-state index in [0.717, 1.165) is 18.5 Å². The average molecular weight is 297 g/mol. The number of rotatable bonds is 3. The van der Waals surface area contributed by atoms with Crippen LogP contribution < -0.4 is 0 Å². The molecule has 4 heteroatoms. The van der Waals surface area contributed by atoms with Crippen LogP contribution in [-0.2, 0) is 0 Å². The molecule has 1 aliphatic rings. The van der Waals surface area contributed by atoms with Gasteiger partial charge in [0.2, 0.25) is 0 Å². The van der Waals surface area contributed by atoms with E-state index in [9.17, 15) is 4.79 Å². The summed E-state index contributed by atoms with van der Waals surface area (Å²) in [5.74, 6) is 0.0779. The van der Waals surface area contributed by atoms with Gasteiger partial charge >= 0.3 is 0 Å². The van der Waals surface area contributed by atoms with Crippen LogP contribution in [0.2, 0.25) is 0 Å². The molecule has 1 saturated carbocycles. The van der Waals surface area contributed by atoms with Gasteiger partial charge in [-0.1, -0.05) is 43.9 Å². The molecule has 1 aliphatic carbocycles. The minimum Gasteiger partial charge on any atom is -0.339 e. The molecule has 1 aromatic carbocycles. The van der Waals surface area contributed by atoms with E-state index in [-0.39, 0.29) is 5.91 Å². The van der Waals surface area contributed by atoms with Crippen molar-refractivity contribution in [2.24, 2.45) is 0 Å². The molecule has 1 heterocycles. The molecular weight excluding hydrogens is 274 g/mol. The number of para-hydroxylation sites is 1. The van der Waals surface area contributed by atoms with Crippen LogP contribution in [0.25, 0.3) is 5.69 Å². The normalized spacial score (nSPS) is 16.2. The van der Waals surface area contributed by atoms with Crippen LogP contribution >= 0.6 is 0 Å². The molecule has 3 rings (SSSR count). The zero-order valence-corrected chi connectivity index (χ0v) is 13.1. The van der Waals surface area contributed by atoms with Gasteiger partial charge in [0, 0.05) is 19.3 Å². The Balaban J connectivity index is 1.73. The second-order valence-electron chi connectivity index (χ2n) is 6.07. The Morgan fingerprint density at radius 2 is 1.82 bits per heavy atom. The van der Waals surface area contributed by atoms with E-state index >= 15 is 0 Å². The number of nitrogens with zero attached hydrogens (tertiary/aromatic N) is 3. The van der Waals surface area contributed by atoms with Crippen LogP contribution in [0.15, 0.2) is 42.7 Å². The minimum absolute atomic E-state index is 0.0779. The summed E-state index contributed by atoms with van der Waals surface area (Å²) in [6.45, 7) is 0. The largest absolute Gasteiger partial charge is 0.339 e. The summed E-state index contributed by atoms with van der Waals surface area (Å²) < 4.78 is 1.76. The molecule has 0 N–H and O–H groups in total. The van der Waals surface area contributed by atoms with Gasteiger partial charge in [-0.25, -0.2) is 4.68 Å². The fourth-order valence-electron chi connectivity index (χ4n) is 3.17. The van der Waals surface area contributed by atoms with E-state index < -0.39 is 0 Å². The zero-order chi connectivity index (χ0) is 15.4. The number of carbonyl (C=O) groups is 1. The fourth-order valence-corrected chi connectivity index (χ4v) is 3.17. The number of amides is 1. The summed E-state index contributed by atoms with van der Waals surface area (Å²) >= 11 is 0. The highest BCUT2D eigenvalue weighted by atomic mass is 16.2. The molecule has 0 radical (unpaired) electrons. The standard InChI is InChI=1S/C18H23N3O/c1-20(16-9-5-2-3-6-10-16)18(22)15-13-19-21(14-15)17-11-7-4-8-12-17/h4,7-8,11-14,16H,2-3,5-6,9-10H2,1H3. The Kier molecular flexibility index (Phi) is 4.56. The maximum atomic E-state index is 12.7. The van der Waals surface area contributed by atoms with Crippen molar-refractivity contribution in [1.29, 1.82) is 0 Å². The Bertz CT molecular complexity index is 612. The van der Waals surface area contributed by atoms with E-state index in [1.807, 2.05) is 48.5 Å². The molecule has 116 valence electrons. The van der Waals surface area contributed by atoms with Gasteiger partial charge in [0.1, 0.15) is 0 Å². The van der Waals surface area contributed by atoms with Gasteiger partial charge in [0.15, 0.2) is 0 Å². The van der Waals surface area contributed by atoms with E-state index in [2.05, 4.69) is 5.10 Å². The van der Waals surface area contributed by atoms with Crippen LogP contribution in [-0.4, -0.2) is 33.7 Å². The minimum atomic E-state index is 0.0779. The van der Waals surface area contributed by atoms with Gasteiger partial charge in [0.05, 0.1) is 17.4 Å². The average Bonchev–Trinajstić information content (AvgIpc) is 2.90. The van der Waals surface area contributed by atoms with Crippen LogP contribution in [0.1, 0.15) is 48.9 Å². The molecule has 0 aliphatic heterocycles. The van der Waals surface area contributed by atoms with Crippen LogP contribution in [0.3, 0.4) is 0 Å². The second kappa shape index (κ2) is 6.77. The molecule has 1 fully saturated rings. The number of carbonyl (C=O) groups excluding carboxylic acids is 1. The Morgan fingerprint density at radius 1 is 1.14 bits per heavy atom. The first-order valence-corrected chi connectivity index (χ1v) is 8.13. The van der Waals surface area contributed by atoms with Crippen molar-refractivity contribution < 1.29 is 4.79 Å². The summed E-state index contributed by atoms with van der Waals surface area (Å²) in [6.07, 6.45) is 10.8. The molecule has 22 heavy (non-hydrogen) atoms. The second-order valence-corrected chi connectivity index (χ2v) is 6.07. The predicted molar refractivity (Wildman–Crippen MR) is 87.1 cm³/mol. The number of hydrogen-bond acceptors (Lipinski definition) is 2. The van der Waals surface area contributed by atoms with Crippen molar-refractivity contribution in [3.63, 3.8) is 0 Å².